The summed E-state index contributed by atoms with van der Waals surface area (Å²) in [6.45, 7) is 5.30. The summed E-state index contributed by atoms with van der Waals surface area (Å²) in [6, 6.07) is 0.660. The van der Waals surface area contributed by atoms with Gasteiger partial charge in [0.05, 0.1) is 11.3 Å². The minimum atomic E-state index is -1.10. The summed E-state index contributed by atoms with van der Waals surface area (Å²) in [5.41, 5.74) is 1.73. The Morgan fingerprint density at radius 1 is 1.57 bits per heavy atom. The maximum absolute atomic E-state index is 12.1. The number of fused-ring (bicyclic) bond motifs is 1. The number of rotatable bonds is 5. The predicted molar refractivity (Wildman–Crippen MR) is 77.0 cm³/mol. The number of aryl methyl sites for hydroxylation is 2. The highest BCUT2D eigenvalue weighted by Crippen LogP contribution is 2.16. The highest BCUT2D eigenvalue weighted by Gasteiger charge is 2.20. The summed E-state index contributed by atoms with van der Waals surface area (Å²) < 4.78 is 1.63. The van der Waals surface area contributed by atoms with Crippen LogP contribution in [0.15, 0.2) is 24.9 Å². The second kappa shape index (κ2) is 5.74. The second-order valence-electron chi connectivity index (χ2n) is 4.69. The van der Waals surface area contributed by atoms with Gasteiger partial charge in [0.2, 0.25) is 0 Å². The van der Waals surface area contributed by atoms with Gasteiger partial charge in [0, 0.05) is 18.6 Å². The summed E-state index contributed by atoms with van der Waals surface area (Å²) in [6.07, 6.45) is 3.01. The van der Waals surface area contributed by atoms with Gasteiger partial charge in [-0.3, -0.25) is 9.48 Å². The molecule has 1 amide bonds. The number of aromatic nitrogens is 3. The molecule has 21 heavy (non-hydrogen) atoms. The number of nitrogens with one attached hydrogen (secondary N) is 1. The molecule has 1 unspecified atom stereocenters. The number of carboxylic acid groups (broad SMARTS) is 1. The third kappa shape index (κ3) is 2.91. The maximum atomic E-state index is 12.1. The molecule has 0 aliphatic carbocycles. The van der Waals surface area contributed by atoms with Gasteiger partial charge in [-0.2, -0.15) is 5.10 Å². The van der Waals surface area contributed by atoms with Crippen LogP contribution in [0.3, 0.4) is 0 Å². The third-order valence-corrected chi connectivity index (χ3v) is 3.13. The van der Waals surface area contributed by atoms with E-state index in [-0.39, 0.29) is 6.42 Å². The van der Waals surface area contributed by atoms with E-state index in [2.05, 4.69) is 22.0 Å². The molecule has 2 aromatic rings. The van der Waals surface area contributed by atoms with Gasteiger partial charge in [-0.25, -0.2) is 9.78 Å². The molecule has 0 aromatic carbocycles. The van der Waals surface area contributed by atoms with Crippen LogP contribution in [0.1, 0.15) is 22.5 Å². The van der Waals surface area contributed by atoms with Gasteiger partial charge in [-0.15, -0.1) is 6.58 Å². The number of hydrogen-bond donors (Lipinski definition) is 2. The largest absolute Gasteiger partial charge is 0.480 e. The minimum absolute atomic E-state index is 0.155. The van der Waals surface area contributed by atoms with Gasteiger partial charge in [0.15, 0.2) is 5.65 Å². The number of carboxylic acids is 1. The van der Waals surface area contributed by atoms with E-state index >= 15 is 0 Å². The SMILES string of the molecule is C=CCC(NC(=O)c1cnc2c(c1)c(C)nn2C)C(=O)O. The molecule has 0 saturated heterocycles. The zero-order valence-corrected chi connectivity index (χ0v) is 11.8. The van der Waals surface area contributed by atoms with Crippen molar-refractivity contribution in [2.45, 2.75) is 19.4 Å². The van der Waals surface area contributed by atoms with Crippen molar-refractivity contribution in [3.63, 3.8) is 0 Å². The van der Waals surface area contributed by atoms with Crippen LogP contribution in [0.25, 0.3) is 11.0 Å². The summed E-state index contributed by atoms with van der Waals surface area (Å²) >= 11 is 0. The zero-order chi connectivity index (χ0) is 15.6. The Kier molecular flexibility index (Phi) is 4.02. The Morgan fingerprint density at radius 2 is 2.29 bits per heavy atom. The Morgan fingerprint density at radius 3 is 2.90 bits per heavy atom. The van der Waals surface area contributed by atoms with Crippen LogP contribution in [-0.2, 0) is 11.8 Å². The molecule has 1 atom stereocenters. The number of nitrogens with zero attached hydrogens (tertiary/aromatic N) is 3. The lowest BCUT2D eigenvalue weighted by Gasteiger charge is -2.12. The van der Waals surface area contributed by atoms with Crippen molar-refractivity contribution in [2.75, 3.05) is 0 Å². The van der Waals surface area contributed by atoms with Crippen LogP contribution < -0.4 is 5.32 Å². The highest BCUT2D eigenvalue weighted by atomic mass is 16.4. The molecule has 0 radical (unpaired) electrons. The highest BCUT2D eigenvalue weighted by molar-refractivity contribution is 5.99. The lowest BCUT2D eigenvalue weighted by Crippen LogP contribution is -2.40. The van der Waals surface area contributed by atoms with Crippen molar-refractivity contribution in [3.05, 3.63) is 36.2 Å². The van der Waals surface area contributed by atoms with E-state index in [9.17, 15) is 9.59 Å². The molecule has 0 saturated carbocycles. The number of pyridine rings is 1. The fraction of sp³-hybridized carbons (Fsp3) is 0.286. The van der Waals surface area contributed by atoms with E-state index in [1.165, 1.54) is 12.3 Å². The normalized spacial score (nSPS) is 12.1. The van der Waals surface area contributed by atoms with Crippen molar-refractivity contribution < 1.29 is 14.7 Å². The van der Waals surface area contributed by atoms with Crippen molar-refractivity contribution in [2.24, 2.45) is 7.05 Å². The molecule has 2 N–H and O–H groups in total. The monoisotopic (exact) mass is 288 g/mol. The van der Waals surface area contributed by atoms with Gasteiger partial charge in [-0.05, 0) is 19.4 Å². The smallest absolute Gasteiger partial charge is 0.326 e. The van der Waals surface area contributed by atoms with Crippen molar-refractivity contribution in [3.8, 4) is 0 Å². The summed E-state index contributed by atoms with van der Waals surface area (Å²) in [5.74, 6) is -1.59. The zero-order valence-electron chi connectivity index (χ0n) is 11.8. The van der Waals surface area contributed by atoms with Crippen LogP contribution in [0, 0.1) is 6.92 Å². The molecular formula is C14H16N4O3. The van der Waals surface area contributed by atoms with Crippen LogP contribution in [0.2, 0.25) is 0 Å². The minimum Gasteiger partial charge on any atom is -0.480 e. The summed E-state index contributed by atoms with van der Waals surface area (Å²) in [5, 5.41) is 16.5. The summed E-state index contributed by atoms with van der Waals surface area (Å²) in [4.78, 5) is 27.3. The maximum Gasteiger partial charge on any atom is 0.326 e. The standard InChI is InChI=1S/C14H16N4O3/c1-4-5-11(14(20)21)16-13(19)9-6-10-8(2)17-18(3)12(10)15-7-9/h4,6-7,11H,1,5H2,2-3H3,(H,16,19)(H,20,21). The number of carbonyl (C=O) groups excluding carboxylic acids is 1. The van der Waals surface area contributed by atoms with Crippen molar-refractivity contribution in [1.82, 2.24) is 20.1 Å². The number of amides is 1. The van der Waals surface area contributed by atoms with E-state index in [0.717, 1.165) is 11.1 Å². The van der Waals surface area contributed by atoms with Crippen LogP contribution in [0.4, 0.5) is 0 Å². The van der Waals surface area contributed by atoms with Gasteiger partial charge < -0.3 is 10.4 Å². The van der Waals surface area contributed by atoms with E-state index in [4.69, 9.17) is 5.11 Å². The molecular weight excluding hydrogens is 272 g/mol. The molecule has 0 fully saturated rings. The molecule has 2 heterocycles. The van der Waals surface area contributed by atoms with E-state index in [1.807, 2.05) is 6.92 Å². The molecule has 2 aromatic heterocycles. The fourth-order valence-corrected chi connectivity index (χ4v) is 2.06. The van der Waals surface area contributed by atoms with Gasteiger partial charge in [0.25, 0.3) is 5.91 Å². The van der Waals surface area contributed by atoms with E-state index < -0.39 is 17.9 Å². The first kappa shape index (κ1) is 14.7. The van der Waals surface area contributed by atoms with Gasteiger partial charge >= 0.3 is 5.97 Å². The van der Waals surface area contributed by atoms with Crippen LogP contribution in [0.5, 0.6) is 0 Å². The quantitative estimate of drug-likeness (QED) is 0.801. The molecule has 0 spiro atoms. The molecule has 7 nitrogen and oxygen atoms in total. The van der Waals surface area contributed by atoms with Crippen LogP contribution >= 0.6 is 0 Å². The number of hydrogen-bond acceptors (Lipinski definition) is 4. The lowest BCUT2D eigenvalue weighted by atomic mass is 10.1. The molecule has 0 bridgehead atoms. The molecule has 7 heteroatoms. The van der Waals surface area contributed by atoms with Gasteiger partial charge in [0.1, 0.15) is 6.04 Å². The Hall–Kier alpha value is -2.70. The predicted octanol–water partition coefficient (Wildman–Crippen LogP) is 1.04. The lowest BCUT2D eigenvalue weighted by molar-refractivity contribution is -0.139. The Labute approximate surface area is 121 Å². The first-order chi connectivity index (χ1) is 9.93. The van der Waals surface area contributed by atoms with E-state index in [0.29, 0.717) is 11.2 Å². The average molecular weight is 288 g/mol. The molecule has 0 aliphatic heterocycles. The van der Waals surface area contributed by atoms with Crippen molar-refractivity contribution in [1.29, 1.82) is 0 Å². The number of aliphatic carboxylic acids is 1. The molecule has 2 rings (SSSR count). The molecule has 0 aliphatic rings. The van der Waals surface area contributed by atoms with E-state index in [1.54, 1.807) is 17.8 Å². The Balaban J connectivity index is 2.28. The first-order valence-corrected chi connectivity index (χ1v) is 6.38. The third-order valence-electron chi connectivity index (χ3n) is 3.13. The molecule has 110 valence electrons. The second-order valence-corrected chi connectivity index (χ2v) is 4.69. The Bertz CT molecular complexity index is 720. The van der Waals surface area contributed by atoms with Crippen LogP contribution in [-0.4, -0.2) is 37.8 Å². The topological polar surface area (TPSA) is 97.1 Å². The first-order valence-electron chi connectivity index (χ1n) is 6.38. The fourth-order valence-electron chi connectivity index (χ4n) is 2.06. The average Bonchev–Trinajstić information content (AvgIpc) is 2.73. The van der Waals surface area contributed by atoms with Crippen molar-refractivity contribution >= 4 is 22.9 Å². The van der Waals surface area contributed by atoms with Gasteiger partial charge in [-0.1, -0.05) is 6.08 Å². The number of carbonyl (C=O) groups is 2. The summed E-state index contributed by atoms with van der Waals surface area (Å²) in [7, 11) is 1.77.